The van der Waals surface area contributed by atoms with Crippen LogP contribution in [-0.4, -0.2) is 16.3 Å². The lowest BCUT2D eigenvalue weighted by atomic mass is 10.1. The minimum absolute atomic E-state index is 0.0635. The number of nitrogens with zero attached hydrogens (tertiary/aromatic N) is 2. The van der Waals surface area contributed by atoms with E-state index in [-0.39, 0.29) is 5.54 Å². The maximum absolute atomic E-state index is 5.49. The molecule has 0 aliphatic carbocycles. The fraction of sp³-hybridized carbons (Fsp3) is 0.667. The number of hydrogen-bond donors (Lipinski definition) is 1. The average Bonchev–Trinajstić information content (AvgIpc) is 2.34. The summed E-state index contributed by atoms with van der Waals surface area (Å²) in [6.45, 7) is 7.10. The van der Waals surface area contributed by atoms with Crippen LogP contribution in [0.5, 0.6) is 0 Å². The third-order valence-corrected chi connectivity index (χ3v) is 1.76. The fourth-order valence-electron chi connectivity index (χ4n) is 1.27. The molecule has 1 heterocycles. The van der Waals surface area contributed by atoms with Crippen LogP contribution in [0.3, 0.4) is 0 Å². The molecule has 2 N–H and O–H groups in total. The molecule has 0 aliphatic heterocycles. The van der Waals surface area contributed by atoms with Gasteiger partial charge >= 0.3 is 0 Å². The largest absolute Gasteiger partial charge is 0.330 e. The summed E-state index contributed by atoms with van der Waals surface area (Å²) in [7, 11) is 0. The van der Waals surface area contributed by atoms with E-state index in [2.05, 4.69) is 25.9 Å². The van der Waals surface area contributed by atoms with Gasteiger partial charge in [-0.1, -0.05) is 0 Å². The lowest BCUT2D eigenvalue weighted by Gasteiger charge is -2.22. The molecule has 12 heavy (non-hydrogen) atoms. The highest BCUT2D eigenvalue weighted by molar-refractivity contribution is 5.03. The Balaban J connectivity index is 2.91. The lowest BCUT2D eigenvalue weighted by molar-refractivity contribution is 0.343. The summed E-state index contributed by atoms with van der Waals surface area (Å²) in [6.07, 6.45) is 2.73. The van der Waals surface area contributed by atoms with Gasteiger partial charge < -0.3 is 5.73 Å². The fourth-order valence-corrected chi connectivity index (χ4v) is 1.27. The van der Waals surface area contributed by atoms with Crippen molar-refractivity contribution in [3.8, 4) is 0 Å². The van der Waals surface area contributed by atoms with Crippen molar-refractivity contribution < 1.29 is 0 Å². The van der Waals surface area contributed by atoms with Crippen molar-refractivity contribution in [3.63, 3.8) is 0 Å². The Hall–Kier alpha value is -0.830. The van der Waals surface area contributed by atoms with Gasteiger partial charge in [0, 0.05) is 18.3 Å². The van der Waals surface area contributed by atoms with E-state index in [1.807, 2.05) is 16.9 Å². The summed E-state index contributed by atoms with van der Waals surface area (Å²) in [5, 5.41) is 4.27. The highest BCUT2D eigenvalue weighted by Gasteiger charge is 2.16. The topological polar surface area (TPSA) is 43.8 Å². The van der Waals surface area contributed by atoms with Gasteiger partial charge in [0.2, 0.25) is 0 Å². The van der Waals surface area contributed by atoms with Crippen LogP contribution < -0.4 is 5.73 Å². The second-order valence-corrected chi connectivity index (χ2v) is 3.94. The van der Waals surface area contributed by atoms with Crippen molar-refractivity contribution in [1.82, 2.24) is 9.78 Å². The monoisotopic (exact) mass is 167 g/mol. The van der Waals surface area contributed by atoms with E-state index in [1.54, 1.807) is 0 Å². The van der Waals surface area contributed by atoms with Crippen molar-refractivity contribution in [3.05, 3.63) is 18.0 Å². The van der Waals surface area contributed by atoms with E-state index >= 15 is 0 Å². The molecule has 0 spiro atoms. The third kappa shape index (κ3) is 1.85. The van der Waals surface area contributed by atoms with E-state index in [0.717, 1.165) is 6.42 Å². The van der Waals surface area contributed by atoms with Gasteiger partial charge in [-0.3, -0.25) is 4.68 Å². The molecule has 0 fully saturated rings. The van der Waals surface area contributed by atoms with Gasteiger partial charge in [0.05, 0.1) is 5.54 Å². The zero-order valence-electron chi connectivity index (χ0n) is 8.04. The first-order valence-corrected chi connectivity index (χ1v) is 4.29. The first kappa shape index (κ1) is 9.26. The maximum Gasteiger partial charge on any atom is 0.0546 e. The normalized spacial score (nSPS) is 12.0. The zero-order chi connectivity index (χ0) is 9.19. The van der Waals surface area contributed by atoms with E-state index in [1.165, 1.54) is 5.69 Å². The van der Waals surface area contributed by atoms with Gasteiger partial charge in [-0.25, -0.2) is 0 Å². The summed E-state index contributed by atoms with van der Waals surface area (Å²) in [6, 6.07) is 2.03. The van der Waals surface area contributed by atoms with Crippen molar-refractivity contribution >= 4 is 0 Å². The molecule has 0 bridgehead atoms. The molecule has 0 amide bonds. The predicted octanol–water partition coefficient (Wildman–Crippen LogP) is 1.14. The molecule has 0 unspecified atom stereocenters. The molecular weight excluding hydrogens is 150 g/mol. The van der Waals surface area contributed by atoms with Crippen molar-refractivity contribution in [1.29, 1.82) is 0 Å². The molecule has 1 aromatic heterocycles. The summed E-state index contributed by atoms with van der Waals surface area (Å²) < 4.78 is 2.03. The summed E-state index contributed by atoms with van der Waals surface area (Å²) in [5.41, 5.74) is 6.77. The Labute approximate surface area is 73.6 Å². The Kier molecular flexibility index (Phi) is 2.52. The Morgan fingerprint density at radius 3 is 2.67 bits per heavy atom. The smallest absolute Gasteiger partial charge is 0.0546 e. The van der Waals surface area contributed by atoms with Crippen LogP contribution >= 0.6 is 0 Å². The molecule has 0 aromatic carbocycles. The predicted molar refractivity (Wildman–Crippen MR) is 50.0 cm³/mol. The molecular formula is C9H17N3. The van der Waals surface area contributed by atoms with Crippen molar-refractivity contribution in [2.45, 2.75) is 32.7 Å². The molecule has 0 aliphatic rings. The van der Waals surface area contributed by atoms with E-state index < -0.39 is 0 Å². The van der Waals surface area contributed by atoms with Crippen LogP contribution in [-0.2, 0) is 12.0 Å². The van der Waals surface area contributed by atoms with Gasteiger partial charge in [0.25, 0.3) is 0 Å². The quantitative estimate of drug-likeness (QED) is 0.717. The highest BCUT2D eigenvalue weighted by atomic mass is 15.3. The number of aromatic nitrogens is 2. The molecule has 3 nitrogen and oxygen atoms in total. The molecule has 1 rings (SSSR count). The van der Waals surface area contributed by atoms with E-state index in [0.29, 0.717) is 6.54 Å². The van der Waals surface area contributed by atoms with E-state index in [9.17, 15) is 0 Å². The Morgan fingerprint density at radius 2 is 2.17 bits per heavy atom. The van der Waals surface area contributed by atoms with Crippen LogP contribution in [0, 0.1) is 0 Å². The number of nitrogens with two attached hydrogens (primary N) is 1. The van der Waals surface area contributed by atoms with Gasteiger partial charge in [0.15, 0.2) is 0 Å². The SMILES string of the molecule is CC(C)(C)n1nccc1CCN. The van der Waals surface area contributed by atoms with Crippen LogP contribution in [0.15, 0.2) is 12.3 Å². The third-order valence-electron chi connectivity index (χ3n) is 1.76. The first-order valence-electron chi connectivity index (χ1n) is 4.29. The van der Waals surface area contributed by atoms with Crippen LogP contribution in [0.25, 0.3) is 0 Å². The van der Waals surface area contributed by atoms with Crippen LogP contribution in [0.1, 0.15) is 26.5 Å². The van der Waals surface area contributed by atoms with Gasteiger partial charge in [-0.2, -0.15) is 5.10 Å². The lowest BCUT2D eigenvalue weighted by Crippen LogP contribution is -2.26. The average molecular weight is 167 g/mol. The second-order valence-electron chi connectivity index (χ2n) is 3.94. The van der Waals surface area contributed by atoms with Crippen molar-refractivity contribution in [2.75, 3.05) is 6.54 Å². The molecule has 1 aromatic rings. The molecule has 3 heteroatoms. The number of rotatable bonds is 2. The maximum atomic E-state index is 5.49. The molecule has 0 saturated carbocycles. The summed E-state index contributed by atoms with van der Waals surface area (Å²) >= 11 is 0. The minimum atomic E-state index is 0.0635. The summed E-state index contributed by atoms with van der Waals surface area (Å²) in [5.74, 6) is 0. The Morgan fingerprint density at radius 1 is 1.50 bits per heavy atom. The van der Waals surface area contributed by atoms with Gasteiger partial charge in [-0.05, 0) is 33.4 Å². The molecule has 0 saturated heterocycles. The standard InChI is InChI=1S/C9H17N3/c1-9(2,3)12-8(4-6-10)5-7-11-12/h5,7H,4,6,10H2,1-3H3. The minimum Gasteiger partial charge on any atom is -0.330 e. The highest BCUT2D eigenvalue weighted by Crippen LogP contribution is 2.15. The van der Waals surface area contributed by atoms with Crippen molar-refractivity contribution in [2.24, 2.45) is 5.73 Å². The van der Waals surface area contributed by atoms with Crippen LogP contribution in [0.4, 0.5) is 0 Å². The van der Waals surface area contributed by atoms with E-state index in [4.69, 9.17) is 5.73 Å². The molecule has 0 atom stereocenters. The summed E-state index contributed by atoms with van der Waals surface area (Å²) in [4.78, 5) is 0. The first-order chi connectivity index (χ1) is 5.55. The van der Waals surface area contributed by atoms with Gasteiger partial charge in [0.1, 0.15) is 0 Å². The molecule has 68 valence electrons. The zero-order valence-corrected chi connectivity index (χ0v) is 8.04. The Bertz CT molecular complexity index is 245. The van der Waals surface area contributed by atoms with Gasteiger partial charge in [-0.15, -0.1) is 0 Å². The second kappa shape index (κ2) is 3.27. The van der Waals surface area contributed by atoms with Crippen LogP contribution in [0.2, 0.25) is 0 Å². The number of hydrogen-bond acceptors (Lipinski definition) is 2. The molecule has 0 radical (unpaired) electrons.